The van der Waals surface area contributed by atoms with Gasteiger partial charge in [-0.3, -0.25) is 4.99 Å². The molecule has 1 aromatic rings. The molecule has 0 radical (unpaired) electrons. The van der Waals surface area contributed by atoms with Gasteiger partial charge >= 0.3 is 0 Å². The molecule has 1 aromatic carbocycles. The summed E-state index contributed by atoms with van der Waals surface area (Å²) < 4.78 is 25.3. The number of benzene rings is 1. The second-order valence-electron chi connectivity index (χ2n) is 6.86. The lowest BCUT2D eigenvalue weighted by atomic mass is 10.1. The predicted octanol–water partition coefficient (Wildman–Crippen LogP) is 1.96. The fraction of sp³-hybridized carbons (Fsp3) is 0.588. The molecule has 144 valence electrons. The molecule has 0 fully saturated rings. The van der Waals surface area contributed by atoms with Crippen LogP contribution < -0.4 is 15.4 Å². The van der Waals surface area contributed by atoms with E-state index in [-0.39, 0.29) is 24.0 Å². The number of hydrogen-bond acceptors (Lipinski definition) is 3. The molecule has 8 heteroatoms. The fourth-order valence-corrected chi connectivity index (χ4v) is 3.68. The molecule has 0 aliphatic rings. The SMILES string of the molecule is CN=C(NCCc1cc(C)cc(C)c1)NCC(C)(C)NS(C)(=O)=O.I. The first-order valence-electron chi connectivity index (χ1n) is 8.01. The van der Waals surface area contributed by atoms with Crippen LogP contribution in [0.5, 0.6) is 0 Å². The number of aliphatic imine (C=N–C) groups is 1. The Morgan fingerprint density at radius 2 is 1.68 bits per heavy atom. The van der Waals surface area contributed by atoms with Crippen molar-refractivity contribution < 1.29 is 8.42 Å². The third kappa shape index (κ3) is 10.7. The number of guanidine groups is 1. The Balaban J connectivity index is 0.00000576. The van der Waals surface area contributed by atoms with E-state index in [0.29, 0.717) is 12.5 Å². The van der Waals surface area contributed by atoms with Crippen LogP contribution in [0.1, 0.15) is 30.5 Å². The van der Waals surface area contributed by atoms with E-state index in [2.05, 4.69) is 52.4 Å². The van der Waals surface area contributed by atoms with Gasteiger partial charge in [0, 0.05) is 25.7 Å². The van der Waals surface area contributed by atoms with Crippen LogP contribution in [0.15, 0.2) is 23.2 Å². The van der Waals surface area contributed by atoms with Crippen LogP contribution in [0.4, 0.5) is 0 Å². The highest BCUT2D eigenvalue weighted by atomic mass is 127. The van der Waals surface area contributed by atoms with Crippen molar-refractivity contribution in [2.75, 3.05) is 26.4 Å². The molecule has 0 aliphatic carbocycles. The van der Waals surface area contributed by atoms with Gasteiger partial charge in [0.2, 0.25) is 10.0 Å². The van der Waals surface area contributed by atoms with Crippen molar-refractivity contribution in [3.63, 3.8) is 0 Å². The zero-order valence-electron chi connectivity index (χ0n) is 15.9. The molecule has 0 aliphatic heterocycles. The van der Waals surface area contributed by atoms with E-state index in [1.165, 1.54) is 16.7 Å². The minimum atomic E-state index is -3.25. The van der Waals surface area contributed by atoms with Crippen molar-refractivity contribution >= 4 is 40.0 Å². The largest absolute Gasteiger partial charge is 0.356 e. The van der Waals surface area contributed by atoms with Gasteiger partial charge in [-0.2, -0.15) is 0 Å². The number of aryl methyl sites for hydroxylation is 2. The zero-order chi connectivity index (χ0) is 18.4. The Bertz CT molecular complexity index is 668. The van der Waals surface area contributed by atoms with Gasteiger partial charge in [-0.15, -0.1) is 24.0 Å². The molecule has 0 amide bonds. The Morgan fingerprint density at radius 1 is 1.12 bits per heavy atom. The van der Waals surface area contributed by atoms with Crippen LogP contribution in [0.3, 0.4) is 0 Å². The van der Waals surface area contributed by atoms with E-state index in [4.69, 9.17) is 0 Å². The topological polar surface area (TPSA) is 82.6 Å². The molecule has 3 N–H and O–H groups in total. The molecule has 0 spiro atoms. The third-order valence-corrected chi connectivity index (χ3v) is 4.29. The Hall–Kier alpha value is -0.870. The van der Waals surface area contributed by atoms with Crippen LogP contribution in [-0.4, -0.2) is 46.3 Å². The molecule has 0 atom stereocenters. The first kappa shape index (κ1) is 24.1. The van der Waals surface area contributed by atoms with Gasteiger partial charge in [0.1, 0.15) is 0 Å². The van der Waals surface area contributed by atoms with Gasteiger partial charge in [0.25, 0.3) is 0 Å². The van der Waals surface area contributed by atoms with E-state index < -0.39 is 15.6 Å². The summed E-state index contributed by atoms with van der Waals surface area (Å²) in [4.78, 5) is 4.17. The standard InChI is InChI=1S/C17H30N4O2S.HI/c1-13-9-14(2)11-15(10-13)7-8-19-16(18-5)20-12-17(3,4)21-24(6,22)23;/h9-11,21H,7-8,12H2,1-6H3,(H2,18,19,20);1H. The molecular weight excluding hydrogens is 451 g/mol. The fourth-order valence-electron chi connectivity index (χ4n) is 2.60. The summed E-state index contributed by atoms with van der Waals surface area (Å²) in [5, 5.41) is 6.41. The summed E-state index contributed by atoms with van der Waals surface area (Å²) >= 11 is 0. The van der Waals surface area contributed by atoms with Gasteiger partial charge < -0.3 is 10.6 Å². The summed E-state index contributed by atoms with van der Waals surface area (Å²) in [7, 11) is -1.55. The summed E-state index contributed by atoms with van der Waals surface area (Å²) in [6.07, 6.45) is 2.06. The van der Waals surface area contributed by atoms with E-state index in [9.17, 15) is 8.42 Å². The van der Waals surface area contributed by atoms with Crippen LogP contribution >= 0.6 is 24.0 Å². The molecular formula is C17H31IN4O2S. The number of nitrogens with one attached hydrogen (secondary N) is 3. The second kappa shape index (κ2) is 10.3. The van der Waals surface area contributed by atoms with Crippen molar-refractivity contribution in [1.82, 2.24) is 15.4 Å². The van der Waals surface area contributed by atoms with Gasteiger partial charge in [0.05, 0.1) is 6.26 Å². The number of nitrogens with zero attached hydrogens (tertiary/aromatic N) is 1. The molecule has 0 heterocycles. The smallest absolute Gasteiger partial charge is 0.209 e. The summed E-state index contributed by atoms with van der Waals surface area (Å²) in [5.41, 5.74) is 3.22. The van der Waals surface area contributed by atoms with Gasteiger partial charge in [0.15, 0.2) is 5.96 Å². The first-order valence-corrected chi connectivity index (χ1v) is 9.90. The van der Waals surface area contributed by atoms with Crippen molar-refractivity contribution in [2.24, 2.45) is 4.99 Å². The minimum Gasteiger partial charge on any atom is -0.356 e. The maximum Gasteiger partial charge on any atom is 0.209 e. The molecule has 25 heavy (non-hydrogen) atoms. The van der Waals surface area contributed by atoms with Crippen molar-refractivity contribution in [2.45, 2.75) is 39.7 Å². The summed E-state index contributed by atoms with van der Waals surface area (Å²) in [6, 6.07) is 6.53. The van der Waals surface area contributed by atoms with E-state index in [1.54, 1.807) is 7.05 Å². The highest BCUT2D eigenvalue weighted by Gasteiger charge is 2.22. The maximum absolute atomic E-state index is 11.4. The molecule has 1 rings (SSSR count). The molecule has 0 aromatic heterocycles. The molecule has 0 bridgehead atoms. The van der Waals surface area contributed by atoms with E-state index in [1.807, 2.05) is 13.8 Å². The molecule has 0 saturated heterocycles. The number of hydrogen-bond donors (Lipinski definition) is 3. The Kier molecular flexibility index (Phi) is 9.96. The van der Waals surface area contributed by atoms with E-state index >= 15 is 0 Å². The summed E-state index contributed by atoms with van der Waals surface area (Å²) in [6.45, 7) is 9.03. The lowest BCUT2D eigenvalue weighted by Crippen LogP contribution is -2.53. The average molecular weight is 482 g/mol. The minimum absolute atomic E-state index is 0. The number of halogens is 1. The van der Waals surface area contributed by atoms with Crippen LogP contribution in [0.2, 0.25) is 0 Å². The van der Waals surface area contributed by atoms with Crippen LogP contribution in [0, 0.1) is 13.8 Å². The monoisotopic (exact) mass is 482 g/mol. The van der Waals surface area contributed by atoms with Crippen molar-refractivity contribution in [3.8, 4) is 0 Å². The van der Waals surface area contributed by atoms with Crippen LogP contribution in [-0.2, 0) is 16.4 Å². The van der Waals surface area contributed by atoms with Gasteiger partial charge in [-0.05, 0) is 39.7 Å². The highest BCUT2D eigenvalue weighted by Crippen LogP contribution is 2.09. The maximum atomic E-state index is 11.4. The number of rotatable bonds is 7. The van der Waals surface area contributed by atoms with Crippen molar-refractivity contribution in [1.29, 1.82) is 0 Å². The number of sulfonamides is 1. The highest BCUT2D eigenvalue weighted by molar-refractivity contribution is 14.0. The Morgan fingerprint density at radius 3 is 2.16 bits per heavy atom. The third-order valence-electron chi connectivity index (χ3n) is 3.37. The van der Waals surface area contributed by atoms with Gasteiger partial charge in [-0.25, -0.2) is 13.1 Å². The Labute approximate surface area is 169 Å². The average Bonchev–Trinajstić information content (AvgIpc) is 2.38. The van der Waals surface area contributed by atoms with E-state index in [0.717, 1.165) is 19.2 Å². The van der Waals surface area contributed by atoms with Gasteiger partial charge in [-0.1, -0.05) is 29.3 Å². The molecule has 0 saturated carbocycles. The first-order chi connectivity index (χ1) is 11.0. The predicted molar refractivity (Wildman–Crippen MR) is 116 cm³/mol. The zero-order valence-corrected chi connectivity index (χ0v) is 19.1. The normalized spacial score (nSPS) is 12.5. The lowest BCUT2D eigenvalue weighted by molar-refractivity contribution is 0.446. The quantitative estimate of drug-likeness (QED) is 0.315. The molecule has 6 nitrogen and oxygen atoms in total. The van der Waals surface area contributed by atoms with Crippen LogP contribution in [0.25, 0.3) is 0 Å². The lowest BCUT2D eigenvalue weighted by Gasteiger charge is -2.26. The second-order valence-corrected chi connectivity index (χ2v) is 8.61. The summed E-state index contributed by atoms with van der Waals surface area (Å²) in [5.74, 6) is 0.655. The molecule has 0 unspecified atom stereocenters. The van der Waals surface area contributed by atoms with Crippen molar-refractivity contribution in [3.05, 3.63) is 34.9 Å².